The van der Waals surface area contributed by atoms with Gasteiger partial charge in [0.25, 0.3) is 0 Å². The number of esters is 10. The molecule has 0 radical (unpaired) electrons. The molecule has 12 rings (SSSR count). The number of ketones is 1. The third kappa shape index (κ3) is 23.2. The van der Waals surface area contributed by atoms with Gasteiger partial charge in [-0.3, -0.25) is 4.79 Å². The highest BCUT2D eigenvalue weighted by molar-refractivity contribution is 5.94. The number of nitrogens with one attached hydrogen (secondary N) is 1. The predicted octanol–water partition coefficient (Wildman–Crippen LogP) is 10.4. The summed E-state index contributed by atoms with van der Waals surface area (Å²) in [6.07, 6.45) is -35.3. The predicted molar refractivity (Wildman–Crippen MR) is 415 cm³/mol. The Morgan fingerprint density at radius 2 is 0.625 bits per heavy atom. The fraction of sp³-hybridized carbons (Fsp3) is 0.267. The third-order valence-electron chi connectivity index (χ3n) is 18.8. The SMILES string of the molecule is COC(=O)[C@H]1O[C@@H](O[C@H]2[C@@H](OC(=O)c3ccccc3)[C@@H](COC(=O)c3ccccc3)O[C@@H](O[C@H]3[C@@H](OC(=O)c4ccccc4)[C@@H](COC(=O)c4ccccc4)O[C@@H](OCCNC(=O)OCc4ccccc4)[C@@H]3OC(=O)c3ccccc3)[C@@H]2OC(=O)c2ccccc2)[C@H](OC(=O)c2ccccc2)[C@@H](OC(=O)c2ccccc2)[C@@H]1OC(=O)CCC(C)=O. The third-order valence-corrected chi connectivity index (χ3v) is 18.8. The molecule has 1 N–H and O–H groups in total. The highest BCUT2D eigenvalue weighted by Gasteiger charge is 2.62. The fourth-order valence-electron chi connectivity index (χ4n) is 12.9. The lowest BCUT2D eigenvalue weighted by molar-refractivity contribution is -0.376. The zero-order valence-corrected chi connectivity index (χ0v) is 64.4. The van der Waals surface area contributed by atoms with Crippen molar-refractivity contribution in [1.29, 1.82) is 0 Å². The van der Waals surface area contributed by atoms with Crippen molar-refractivity contribution in [1.82, 2.24) is 5.32 Å². The summed E-state index contributed by atoms with van der Waals surface area (Å²) < 4.78 is 109. The molecule has 0 aliphatic carbocycles. The number of hydrogen-bond donors (Lipinski definition) is 1. The first-order chi connectivity index (χ1) is 58.3. The number of amides is 1. The molecule has 620 valence electrons. The van der Waals surface area contributed by atoms with Crippen LogP contribution in [0.25, 0.3) is 0 Å². The fourth-order valence-corrected chi connectivity index (χ4v) is 12.9. The summed E-state index contributed by atoms with van der Waals surface area (Å²) in [6, 6.07) is 67.7. The van der Waals surface area contributed by atoms with E-state index in [9.17, 15) is 33.6 Å². The van der Waals surface area contributed by atoms with E-state index in [0.29, 0.717) is 5.56 Å². The van der Waals surface area contributed by atoms with Crippen molar-refractivity contribution in [3.05, 3.63) is 323 Å². The van der Waals surface area contributed by atoms with Crippen LogP contribution in [-0.4, -0.2) is 197 Å². The van der Waals surface area contributed by atoms with Gasteiger partial charge in [0.1, 0.15) is 50.0 Å². The molecule has 120 heavy (non-hydrogen) atoms. The lowest BCUT2D eigenvalue weighted by Gasteiger charge is -2.50. The first-order valence-corrected chi connectivity index (χ1v) is 38.0. The maximum absolute atomic E-state index is 15.6. The molecular weight excluding hydrogens is 1560 g/mol. The Hall–Kier alpha value is -13.6. The summed E-state index contributed by atoms with van der Waals surface area (Å²) in [6.45, 7) is -1.70. The lowest BCUT2D eigenvalue weighted by Crippen LogP contribution is -2.69. The van der Waals surface area contributed by atoms with Crippen molar-refractivity contribution >= 4 is 71.6 Å². The van der Waals surface area contributed by atoms with Gasteiger partial charge in [-0.15, -0.1) is 0 Å². The van der Waals surface area contributed by atoms with Gasteiger partial charge in [0.2, 0.25) is 6.29 Å². The van der Waals surface area contributed by atoms with Gasteiger partial charge < -0.3 is 90.6 Å². The Bertz CT molecular complexity index is 4940. The molecule has 3 aliphatic heterocycles. The smallest absolute Gasteiger partial charge is 0.407 e. The Morgan fingerprint density at radius 3 is 0.983 bits per heavy atom. The minimum atomic E-state index is -2.51. The van der Waals surface area contributed by atoms with Crippen molar-refractivity contribution in [2.45, 2.75) is 118 Å². The molecular formula is C90H81NO29. The van der Waals surface area contributed by atoms with Gasteiger partial charge >= 0.3 is 65.8 Å². The molecule has 3 saturated heterocycles. The summed E-state index contributed by atoms with van der Waals surface area (Å²) in [5.41, 5.74) is -0.213. The number of Topliss-reactive ketones (excluding diaryl/α,β-unsaturated/α-hetero) is 1. The van der Waals surface area contributed by atoms with Crippen LogP contribution in [-0.2, 0) is 102 Å². The van der Waals surface area contributed by atoms with Gasteiger partial charge in [0.15, 0.2) is 61.4 Å². The van der Waals surface area contributed by atoms with Crippen LogP contribution < -0.4 is 5.32 Å². The van der Waals surface area contributed by atoms with E-state index in [2.05, 4.69) is 5.32 Å². The average molecular weight is 1640 g/mol. The van der Waals surface area contributed by atoms with Crippen LogP contribution in [0.2, 0.25) is 0 Å². The summed E-state index contributed by atoms with van der Waals surface area (Å²) >= 11 is 0. The number of alkyl carbamates (subject to hydrolysis) is 1. The van der Waals surface area contributed by atoms with Crippen molar-refractivity contribution in [2.24, 2.45) is 0 Å². The molecule has 30 nitrogen and oxygen atoms in total. The molecule has 9 aromatic carbocycles. The van der Waals surface area contributed by atoms with Crippen LogP contribution in [0.3, 0.4) is 0 Å². The molecule has 0 unspecified atom stereocenters. The number of carbonyl (C=O) groups excluding carboxylic acids is 12. The second-order valence-electron chi connectivity index (χ2n) is 27.1. The second kappa shape index (κ2) is 42.5. The van der Waals surface area contributed by atoms with Crippen LogP contribution >= 0.6 is 0 Å². The van der Waals surface area contributed by atoms with Crippen LogP contribution in [0.1, 0.15) is 108 Å². The molecule has 3 fully saturated rings. The standard InChI is InChI=1S/C90H81NO29/c1-55(92)48-49-67(93)111-72-73(114-82(98)61-40-22-8-23-41-61)77(117-85(101)64-46-28-11-29-47-64)89(120-74(72)86(102)104-2)119-71-69(113-81(97)60-38-20-7-21-39-60)66(54-107-79(95)58-34-16-5-17-35-58)110-88(76(71)116-84(100)63-44-26-10-27-45-63)118-70-68(112-80(96)59-36-18-6-19-37-59)65(53-106-78(94)57-32-14-4-15-33-57)109-87(75(70)115-83(99)62-42-24-9-25-43-62)105-51-50-91-90(103)108-52-56-30-12-3-13-31-56/h3-47,65-66,68-77,87-89H,48-54H2,1-2H3,(H,91,103)/t65-,66-,68+,69+,70+,71+,72+,73+,74+,75-,76-,77-,87-,88+,89-/m1/s1. The van der Waals surface area contributed by atoms with E-state index in [1.165, 1.54) is 189 Å². The van der Waals surface area contributed by atoms with Gasteiger partial charge in [-0.05, 0) is 110 Å². The second-order valence-corrected chi connectivity index (χ2v) is 27.1. The maximum Gasteiger partial charge on any atom is 0.407 e. The molecule has 1 amide bonds. The number of ether oxygens (including phenoxy) is 17. The van der Waals surface area contributed by atoms with Crippen LogP contribution in [0.5, 0.6) is 0 Å². The molecule has 3 aliphatic rings. The van der Waals surface area contributed by atoms with Crippen LogP contribution in [0.15, 0.2) is 273 Å². The lowest BCUT2D eigenvalue weighted by atomic mass is 9.94. The monoisotopic (exact) mass is 1640 g/mol. The van der Waals surface area contributed by atoms with Crippen LogP contribution in [0, 0.1) is 0 Å². The van der Waals surface area contributed by atoms with Gasteiger partial charge in [-0.25, -0.2) is 47.9 Å². The zero-order valence-electron chi connectivity index (χ0n) is 64.4. The van der Waals surface area contributed by atoms with E-state index >= 15 is 24.0 Å². The van der Waals surface area contributed by atoms with Gasteiger partial charge in [-0.1, -0.05) is 176 Å². The van der Waals surface area contributed by atoms with E-state index in [-0.39, 0.29) is 57.7 Å². The van der Waals surface area contributed by atoms with E-state index in [0.717, 1.165) is 7.11 Å². The normalized spacial score (nSPS) is 22.3. The van der Waals surface area contributed by atoms with E-state index < -0.39 is 196 Å². The molecule has 15 atom stereocenters. The van der Waals surface area contributed by atoms with Crippen molar-refractivity contribution in [3.8, 4) is 0 Å². The Balaban J connectivity index is 1.07. The van der Waals surface area contributed by atoms with E-state index in [4.69, 9.17) is 80.5 Å². The highest BCUT2D eigenvalue weighted by Crippen LogP contribution is 2.40. The molecule has 0 aromatic heterocycles. The topological polar surface area (TPSA) is 374 Å². The average Bonchev–Trinajstić information content (AvgIpc) is 0.754. The first-order valence-electron chi connectivity index (χ1n) is 38.0. The van der Waals surface area contributed by atoms with Crippen molar-refractivity contribution in [3.63, 3.8) is 0 Å². The quantitative estimate of drug-likeness (QED) is 0.0227. The van der Waals surface area contributed by atoms with E-state index in [1.54, 1.807) is 91.0 Å². The minimum Gasteiger partial charge on any atom is -0.467 e. The summed E-state index contributed by atoms with van der Waals surface area (Å²) in [5, 5.41) is 2.59. The molecule has 30 heteroatoms. The molecule has 9 aromatic rings. The number of carbonyl (C=O) groups is 12. The van der Waals surface area contributed by atoms with Crippen molar-refractivity contribution < 1.29 is 138 Å². The van der Waals surface area contributed by atoms with Crippen molar-refractivity contribution in [2.75, 3.05) is 33.5 Å². The van der Waals surface area contributed by atoms with Gasteiger partial charge in [0, 0.05) is 13.0 Å². The molecule has 0 saturated carbocycles. The number of hydrogen-bond acceptors (Lipinski definition) is 29. The zero-order chi connectivity index (χ0) is 84.3. The van der Waals surface area contributed by atoms with Gasteiger partial charge in [-0.2, -0.15) is 0 Å². The molecule has 0 bridgehead atoms. The first kappa shape index (κ1) is 85.7. The highest BCUT2D eigenvalue weighted by atomic mass is 16.8. The Morgan fingerprint density at radius 1 is 0.317 bits per heavy atom. The summed E-state index contributed by atoms with van der Waals surface area (Å²) in [7, 11) is 0.919. The minimum absolute atomic E-state index is 0.0285. The number of methoxy groups -OCH3 is 1. The molecule has 0 spiro atoms. The molecule has 3 heterocycles. The van der Waals surface area contributed by atoms with E-state index in [1.807, 2.05) is 0 Å². The number of benzene rings is 9. The summed E-state index contributed by atoms with van der Waals surface area (Å²) in [4.78, 5) is 175. The Kier molecular flexibility index (Phi) is 30.4. The van der Waals surface area contributed by atoms with Gasteiger partial charge in [0.05, 0.1) is 64.6 Å². The largest absolute Gasteiger partial charge is 0.467 e. The number of rotatable bonds is 33. The van der Waals surface area contributed by atoms with Crippen LogP contribution in [0.4, 0.5) is 4.79 Å². The Labute approximate surface area is 686 Å². The summed E-state index contributed by atoms with van der Waals surface area (Å²) in [5.74, 6) is -12.1. The maximum atomic E-state index is 15.6.